The summed E-state index contributed by atoms with van der Waals surface area (Å²) in [5.41, 5.74) is 3.36. The summed E-state index contributed by atoms with van der Waals surface area (Å²) in [4.78, 5) is 30.9. The molecule has 0 saturated carbocycles. The number of nitrogens with one attached hydrogen (secondary N) is 1. The molecule has 1 fully saturated rings. The van der Waals surface area contributed by atoms with Crippen LogP contribution in [-0.2, 0) is 11.2 Å². The molecule has 0 spiro atoms. The van der Waals surface area contributed by atoms with Gasteiger partial charge in [0.25, 0.3) is 0 Å². The van der Waals surface area contributed by atoms with Gasteiger partial charge in [-0.2, -0.15) is 0 Å². The van der Waals surface area contributed by atoms with Crippen LogP contribution in [0.25, 0.3) is 0 Å². The first-order valence-electron chi connectivity index (χ1n) is 11.7. The Morgan fingerprint density at radius 3 is 2.66 bits per heavy atom. The van der Waals surface area contributed by atoms with Crippen LogP contribution in [0.15, 0.2) is 41.4 Å². The molecule has 2 heterocycles. The third kappa shape index (κ3) is 5.72. The number of urea groups is 1. The number of carboxylic acid groups (broad SMARTS) is 1. The van der Waals surface area contributed by atoms with Gasteiger partial charge >= 0.3 is 12.0 Å². The lowest BCUT2D eigenvalue weighted by Gasteiger charge is -2.38. The maximum atomic E-state index is 13.5. The van der Waals surface area contributed by atoms with E-state index >= 15 is 0 Å². The minimum absolute atomic E-state index is 0.0378. The Hall–Kier alpha value is -3.62. The molecule has 0 aromatic heterocycles. The van der Waals surface area contributed by atoms with Gasteiger partial charge in [-0.1, -0.05) is 6.07 Å². The van der Waals surface area contributed by atoms with Crippen LogP contribution in [0.2, 0.25) is 0 Å². The summed E-state index contributed by atoms with van der Waals surface area (Å²) in [7, 11) is 3.19. The Labute approximate surface area is 203 Å². The van der Waals surface area contributed by atoms with Crippen LogP contribution >= 0.6 is 0 Å². The fourth-order valence-corrected chi connectivity index (χ4v) is 4.97. The number of carboxylic acids is 1. The van der Waals surface area contributed by atoms with E-state index in [0.717, 1.165) is 23.3 Å². The Bertz CT molecular complexity index is 1140. The molecule has 2 amide bonds. The number of nitrogens with zero attached hydrogens (tertiary/aromatic N) is 2. The molecule has 2 unspecified atom stereocenters. The molecule has 2 aliphatic rings. The number of aliphatic imine (C=N–C) groups is 1. The molecule has 0 radical (unpaired) electrons. The van der Waals surface area contributed by atoms with Gasteiger partial charge in [-0.05, 0) is 67.0 Å². The zero-order chi connectivity index (χ0) is 24.9. The van der Waals surface area contributed by atoms with E-state index in [0.29, 0.717) is 49.7 Å². The van der Waals surface area contributed by atoms with Crippen LogP contribution in [0.3, 0.4) is 0 Å². The van der Waals surface area contributed by atoms with E-state index in [2.05, 4.69) is 5.32 Å². The van der Waals surface area contributed by atoms with Crippen molar-refractivity contribution in [3.8, 4) is 11.5 Å². The molecule has 0 aliphatic carbocycles. The van der Waals surface area contributed by atoms with E-state index < -0.39 is 11.8 Å². The minimum Gasteiger partial charge on any atom is -0.493 e. The normalized spacial score (nSPS) is 19.4. The molecule has 2 aromatic carbocycles. The fourth-order valence-electron chi connectivity index (χ4n) is 4.97. The molecule has 2 atom stereocenters. The molecule has 2 aromatic rings. The van der Waals surface area contributed by atoms with Gasteiger partial charge in [0, 0.05) is 43.0 Å². The largest absolute Gasteiger partial charge is 0.493 e. The number of amides is 2. The maximum Gasteiger partial charge on any atom is 0.321 e. The number of methoxy groups -OCH3 is 2. The van der Waals surface area contributed by atoms with Gasteiger partial charge in [0.1, 0.15) is 5.82 Å². The number of rotatable bonds is 7. The fraction of sp³-hybridized carbons (Fsp3) is 0.423. The second-order valence-electron chi connectivity index (χ2n) is 8.94. The highest BCUT2D eigenvalue weighted by Crippen LogP contribution is 2.36. The van der Waals surface area contributed by atoms with Crippen LogP contribution in [0.4, 0.5) is 14.9 Å². The van der Waals surface area contributed by atoms with Crippen LogP contribution in [0, 0.1) is 17.7 Å². The van der Waals surface area contributed by atoms with E-state index in [4.69, 9.17) is 14.5 Å². The van der Waals surface area contributed by atoms with Crippen molar-refractivity contribution < 1.29 is 28.6 Å². The van der Waals surface area contributed by atoms with Crippen molar-refractivity contribution >= 4 is 23.4 Å². The summed E-state index contributed by atoms with van der Waals surface area (Å²) in [6.07, 6.45) is 1.93. The van der Waals surface area contributed by atoms with Crippen molar-refractivity contribution in [2.24, 2.45) is 16.8 Å². The maximum absolute atomic E-state index is 13.5. The van der Waals surface area contributed by atoms with E-state index in [9.17, 15) is 19.1 Å². The monoisotopic (exact) mass is 483 g/mol. The van der Waals surface area contributed by atoms with E-state index in [1.165, 1.54) is 18.2 Å². The van der Waals surface area contributed by atoms with Gasteiger partial charge in [0.15, 0.2) is 11.5 Å². The predicted octanol–water partition coefficient (Wildman–Crippen LogP) is 4.22. The molecular weight excluding hydrogens is 453 g/mol. The molecule has 9 heteroatoms. The quantitative estimate of drug-likeness (QED) is 0.614. The standard InChI is InChI=1S/C26H30FN3O5/c1-34-23-11-17-6-8-28-22(21(17)14-24(23)35-2)10-18-15-30(9-7-16(18)12-25(31)32)26(33)29-20-5-3-4-19(27)13-20/h3-5,11,13-14,16,18H,6-10,12,15H2,1-2H3,(H,29,33)(H,31,32). The van der Waals surface area contributed by atoms with E-state index in [1.807, 2.05) is 12.1 Å². The smallest absolute Gasteiger partial charge is 0.321 e. The Kier molecular flexibility index (Phi) is 7.53. The number of ether oxygens (including phenoxy) is 2. The van der Waals surface area contributed by atoms with Crippen molar-refractivity contribution in [1.29, 1.82) is 0 Å². The first-order chi connectivity index (χ1) is 16.9. The number of aliphatic carboxylic acids is 1. The lowest BCUT2D eigenvalue weighted by atomic mass is 9.78. The first kappa shape index (κ1) is 24.5. The summed E-state index contributed by atoms with van der Waals surface area (Å²) in [5, 5.41) is 12.2. The van der Waals surface area contributed by atoms with Crippen molar-refractivity contribution in [2.45, 2.75) is 25.7 Å². The van der Waals surface area contributed by atoms with E-state index in [-0.39, 0.29) is 24.3 Å². The summed E-state index contributed by atoms with van der Waals surface area (Å²) >= 11 is 0. The summed E-state index contributed by atoms with van der Waals surface area (Å²) in [6.45, 7) is 1.46. The highest BCUT2D eigenvalue weighted by molar-refractivity contribution is 6.03. The molecular formula is C26H30FN3O5. The van der Waals surface area contributed by atoms with Crippen LogP contribution in [0.5, 0.6) is 11.5 Å². The molecule has 8 nitrogen and oxygen atoms in total. The Balaban J connectivity index is 1.54. The molecule has 2 aliphatic heterocycles. The summed E-state index contributed by atoms with van der Waals surface area (Å²) in [6, 6.07) is 9.32. The second-order valence-corrected chi connectivity index (χ2v) is 8.94. The summed E-state index contributed by atoms with van der Waals surface area (Å²) in [5.74, 6) is -0.177. The third-order valence-corrected chi connectivity index (χ3v) is 6.75. The number of hydrogen-bond donors (Lipinski definition) is 2. The van der Waals surface area contributed by atoms with Crippen molar-refractivity contribution in [3.63, 3.8) is 0 Å². The number of anilines is 1. The van der Waals surface area contributed by atoms with Crippen molar-refractivity contribution in [2.75, 3.05) is 39.2 Å². The first-order valence-corrected chi connectivity index (χ1v) is 11.7. The van der Waals surface area contributed by atoms with Crippen molar-refractivity contribution in [3.05, 3.63) is 53.3 Å². The van der Waals surface area contributed by atoms with Gasteiger partial charge in [-0.25, -0.2) is 9.18 Å². The molecule has 0 bridgehead atoms. The lowest BCUT2D eigenvalue weighted by Crippen LogP contribution is -2.46. The Morgan fingerprint density at radius 2 is 1.94 bits per heavy atom. The molecule has 4 rings (SSSR count). The van der Waals surface area contributed by atoms with Crippen molar-refractivity contribution in [1.82, 2.24) is 4.90 Å². The minimum atomic E-state index is -0.852. The second kappa shape index (κ2) is 10.8. The number of benzene rings is 2. The number of hydrogen-bond acceptors (Lipinski definition) is 5. The highest BCUT2D eigenvalue weighted by atomic mass is 19.1. The van der Waals surface area contributed by atoms with Gasteiger partial charge in [0.05, 0.1) is 14.2 Å². The zero-order valence-corrected chi connectivity index (χ0v) is 19.9. The predicted molar refractivity (Wildman–Crippen MR) is 130 cm³/mol. The molecule has 186 valence electrons. The average Bonchev–Trinajstić information content (AvgIpc) is 2.84. The SMILES string of the molecule is COc1cc2c(cc1OC)C(CC1CN(C(=O)Nc3cccc(F)c3)CCC1CC(=O)O)=NCC2. The number of halogens is 1. The van der Waals surface area contributed by atoms with Gasteiger partial charge in [-0.3, -0.25) is 9.79 Å². The van der Waals surface area contributed by atoms with Crippen LogP contribution in [-0.4, -0.2) is 61.6 Å². The number of fused-ring (bicyclic) bond motifs is 1. The summed E-state index contributed by atoms with van der Waals surface area (Å²) < 4.78 is 24.5. The topological polar surface area (TPSA) is 100 Å². The van der Waals surface area contributed by atoms with Gasteiger partial charge in [0.2, 0.25) is 0 Å². The van der Waals surface area contributed by atoms with Crippen LogP contribution < -0.4 is 14.8 Å². The average molecular weight is 484 g/mol. The number of carbonyl (C=O) groups is 2. The lowest BCUT2D eigenvalue weighted by molar-refractivity contribution is -0.138. The van der Waals surface area contributed by atoms with Crippen LogP contribution in [0.1, 0.15) is 30.4 Å². The molecule has 2 N–H and O–H groups in total. The molecule has 35 heavy (non-hydrogen) atoms. The number of piperidine rings is 1. The highest BCUT2D eigenvalue weighted by Gasteiger charge is 2.34. The van der Waals surface area contributed by atoms with Gasteiger partial charge < -0.3 is 24.8 Å². The number of carbonyl (C=O) groups excluding carboxylic acids is 1. The molecule has 1 saturated heterocycles. The zero-order valence-electron chi connectivity index (χ0n) is 19.9. The number of likely N-dealkylation sites (tertiary alicyclic amines) is 1. The third-order valence-electron chi connectivity index (χ3n) is 6.75. The van der Waals surface area contributed by atoms with E-state index in [1.54, 1.807) is 25.2 Å². The Morgan fingerprint density at radius 1 is 1.17 bits per heavy atom. The van der Waals surface area contributed by atoms with Gasteiger partial charge in [-0.15, -0.1) is 0 Å².